The van der Waals surface area contributed by atoms with Gasteiger partial charge in [0.2, 0.25) is 0 Å². The Bertz CT molecular complexity index is 769. The number of hydrogen-bond donors (Lipinski definition) is 2. The second kappa shape index (κ2) is 8.38. The van der Waals surface area contributed by atoms with Gasteiger partial charge in [-0.1, -0.05) is 23.8 Å². The second-order valence-corrected chi connectivity index (χ2v) is 6.22. The van der Waals surface area contributed by atoms with Crippen LogP contribution < -0.4 is 4.74 Å². The van der Waals surface area contributed by atoms with E-state index in [1.807, 2.05) is 19.9 Å². The first-order valence-corrected chi connectivity index (χ1v) is 8.25. The van der Waals surface area contributed by atoms with E-state index in [9.17, 15) is 15.0 Å². The van der Waals surface area contributed by atoms with E-state index >= 15 is 0 Å². The van der Waals surface area contributed by atoms with E-state index in [-0.39, 0.29) is 23.7 Å². The van der Waals surface area contributed by atoms with Crippen molar-refractivity contribution in [1.29, 1.82) is 0 Å². The Hall–Kier alpha value is -2.75. The monoisotopic (exact) mass is 340 g/mol. The molecule has 4 heteroatoms. The van der Waals surface area contributed by atoms with Gasteiger partial charge in [-0.3, -0.25) is 4.79 Å². The highest BCUT2D eigenvalue weighted by molar-refractivity contribution is 5.99. The van der Waals surface area contributed by atoms with Crippen molar-refractivity contribution in [2.75, 3.05) is 7.11 Å². The van der Waals surface area contributed by atoms with Gasteiger partial charge in [0.15, 0.2) is 5.78 Å². The molecule has 0 aliphatic heterocycles. The van der Waals surface area contributed by atoms with Crippen LogP contribution >= 0.6 is 0 Å². The van der Waals surface area contributed by atoms with Crippen LogP contribution in [-0.4, -0.2) is 23.1 Å². The molecule has 0 fully saturated rings. The minimum atomic E-state index is -0.119. The third-order valence-electron chi connectivity index (χ3n) is 4.05. The third kappa shape index (κ3) is 4.86. The first kappa shape index (κ1) is 18.6. The Balaban J connectivity index is 2.19. The lowest BCUT2D eigenvalue weighted by Gasteiger charge is -2.13. The molecule has 0 bridgehead atoms. The summed E-state index contributed by atoms with van der Waals surface area (Å²) in [4.78, 5) is 12.5. The quantitative estimate of drug-likeness (QED) is 0.578. The minimum absolute atomic E-state index is 0.00689. The Labute approximate surface area is 148 Å². The number of phenols is 2. The first-order valence-electron chi connectivity index (χ1n) is 8.25. The molecule has 0 spiro atoms. The van der Waals surface area contributed by atoms with Crippen LogP contribution in [0.1, 0.15) is 41.8 Å². The molecule has 2 aromatic rings. The Morgan fingerprint density at radius 2 is 1.76 bits per heavy atom. The third-order valence-corrected chi connectivity index (χ3v) is 4.05. The number of methoxy groups -OCH3 is 1. The van der Waals surface area contributed by atoms with Crippen LogP contribution in [0.15, 0.2) is 48.0 Å². The molecule has 25 heavy (non-hydrogen) atoms. The van der Waals surface area contributed by atoms with Gasteiger partial charge >= 0.3 is 0 Å². The van der Waals surface area contributed by atoms with Crippen molar-refractivity contribution in [2.24, 2.45) is 0 Å². The van der Waals surface area contributed by atoms with Crippen molar-refractivity contribution in [3.8, 4) is 17.2 Å². The van der Waals surface area contributed by atoms with Crippen LogP contribution in [0, 0.1) is 0 Å². The zero-order chi connectivity index (χ0) is 18.4. The van der Waals surface area contributed by atoms with E-state index in [2.05, 4.69) is 0 Å². The fourth-order valence-corrected chi connectivity index (χ4v) is 2.59. The molecule has 0 saturated carbocycles. The molecule has 4 nitrogen and oxygen atoms in total. The summed E-state index contributed by atoms with van der Waals surface area (Å²) in [5.41, 5.74) is 3.03. The molecule has 0 aromatic heterocycles. The topological polar surface area (TPSA) is 66.8 Å². The molecular formula is C21H24O4. The number of ether oxygens (including phenoxy) is 1. The largest absolute Gasteiger partial charge is 0.508 e. The fourth-order valence-electron chi connectivity index (χ4n) is 2.59. The maximum Gasteiger partial charge on any atom is 0.166 e. The zero-order valence-corrected chi connectivity index (χ0v) is 14.9. The molecular weight excluding hydrogens is 316 g/mol. The van der Waals surface area contributed by atoms with Crippen LogP contribution in [0.3, 0.4) is 0 Å². The predicted molar refractivity (Wildman–Crippen MR) is 98.6 cm³/mol. The molecule has 132 valence electrons. The van der Waals surface area contributed by atoms with Crippen molar-refractivity contribution in [1.82, 2.24) is 0 Å². The van der Waals surface area contributed by atoms with Gasteiger partial charge < -0.3 is 14.9 Å². The lowest BCUT2D eigenvalue weighted by atomic mass is 9.97. The molecule has 0 radical (unpaired) electrons. The average molecular weight is 340 g/mol. The lowest BCUT2D eigenvalue weighted by Crippen LogP contribution is -2.04. The Kier molecular flexibility index (Phi) is 6.23. The van der Waals surface area contributed by atoms with Gasteiger partial charge in [0.25, 0.3) is 0 Å². The van der Waals surface area contributed by atoms with E-state index in [0.717, 1.165) is 11.1 Å². The number of carbonyl (C=O) groups excluding carboxylic acids is 1. The molecule has 2 rings (SSSR count). The highest BCUT2D eigenvalue weighted by atomic mass is 16.5. The van der Waals surface area contributed by atoms with Gasteiger partial charge in [0, 0.05) is 12.0 Å². The Morgan fingerprint density at radius 3 is 2.36 bits per heavy atom. The van der Waals surface area contributed by atoms with Crippen LogP contribution in [0.5, 0.6) is 17.2 Å². The summed E-state index contributed by atoms with van der Waals surface area (Å²) < 4.78 is 5.31. The normalized spacial score (nSPS) is 10.4. The molecule has 2 aromatic carbocycles. The number of ketones is 1. The number of rotatable bonds is 7. The van der Waals surface area contributed by atoms with Crippen LogP contribution in [-0.2, 0) is 12.8 Å². The van der Waals surface area contributed by atoms with E-state index in [1.165, 1.54) is 0 Å². The lowest BCUT2D eigenvalue weighted by molar-refractivity contribution is 0.0980. The van der Waals surface area contributed by atoms with Gasteiger partial charge in [-0.15, -0.1) is 0 Å². The number of benzene rings is 2. The number of allylic oxidation sites excluding steroid dienone is 2. The van der Waals surface area contributed by atoms with Crippen LogP contribution in [0.2, 0.25) is 0 Å². The first-order chi connectivity index (χ1) is 11.9. The highest BCUT2D eigenvalue weighted by Gasteiger charge is 2.17. The molecule has 0 saturated heterocycles. The summed E-state index contributed by atoms with van der Waals surface area (Å²) in [5.74, 6) is 0.649. The van der Waals surface area contributed by atoms with Crippen molar-refractivity contribution in [2.45, 2.75) is 33.1 Å². The van der Waals surface area contributed by atoms with Crippen molar-refractivity contribution in [3.05, 3.63) is 64.7 Å². The zero-order valence-electron chi connectivity index (χ0n) is 14.9. The summed E-state index contributed by atoms with van der Waals surface area (Å²) in [6.45, 7) is 3.96. The van der Waals surface area contributed by atoms with E-state index in [0.29, 0.717) is 29.7 Å². The summed E-state index contributed by atoms with van der Waals surface area (Å²) in [6, 6.07) is 10.1. The average Bonchev–Trinajstić information content (AvgIpc) is 2.59. The standard InChI is InChI=1S/C21H24O4/c1-14(2)4-10-18-20(25-3)13-11-17(21(18)24)19(23)12-7-15-5-8-16(22)9-6-15/h4-6,8-9,11,13,22,24H,7,10,12H2,1-3H3. The number of phenolic OH excluding ortho intramolecular Hbond substituents is 2. The molecule has 0 aliphatic rings. The summed E-state index contributed by atoms with van der Waals surface area (Å²) in [5, 5.41) is 19.9. The maximum absolute atomic E-state index is 12.5. The fraction of sp³-hybridized carbons (Fsp3) is 0.286. The van der Waals surface area contributed by atoms with E-state index < -0.39 is 0 Å². The summed E-state index contributed by atoms with van der Waals surface area (Å²) in [7, 11) is 1.55. The number of aromatic hydroxyl groups is 2. The van der Waals surface area contributed by atoms with Crippen LogP contribution in [0.4, 0.5) is 0 Å². The number of aryl methyl sites for hydroxylation is 1. The molecule has 0 aliphatic carbocycles. The van der Waals surface area contributed by atoms with Gasteiger partial charge in [-0.25, -0.2) is 0 Å². The van der Waals surface area contributed by atoms with Gasteiger partial charge in [0.1, 0.15) is 17.2 Å². The van der Waals surface area contributed by atoms with Crippen molar-refractivity contribution < 1.29 is 19.7 Å². The van der Waals surface area contributed by atoms with Crippen molar-refractivity contribution in [3.63, 3.8) is 0 Å². The number of Topliss-reactive ketones (excluding diaryl/α,β-unsaturated/α-hetero) is 1. The van der Waals surface area contributed by atoms with Gasteiger partial charge in [-0.2, -0.15) is 0 Å². The maximum atomic E-state index is 12.5. The molecule has 0 heterocycles. The molecule has 0 unspecified atom stereocenters. The smallest absolute Gasteiger partial charge is 0.166 e. The van der Waals surface area contributed by atoms with Gasteiger partial charge in [0.05, 0.1) is 12.7 Å². The molecule has 2 N–H and O–H groups in total. The molecule has 0 atom stereocenters. The van der Waals surface area contributed by atoms with E-state index in [4.69, 9.17) is 4.74 Å². The van der Waals surface area contributed by atoms with Gasteiger partial charge in [-0.05, 0) is 56.5 Å². The summed E-state index contributed by atoms with van der Waals surface area (Å²) in [6.07, 6.45) is 3.33. The predicted octanol–water partition coefficient (Wildman–Crippen LogP) is 4.43. The summed E-state index contributed by atoms with van der Waals surface area (Å²) >= 11 is 0. The number of carbonyl (C=O) groups is 1. The van der Waals surface area contributed by atoms with Crippen LogP contribution in [0.25, 0.3) is 0 Å². The SMILES string of the molecule is COc1ccc(C(=O)CCc2ccc(O)cc2)c(O)c1CC=C(C)C. The Morgan fingerprint density at radius 1 is 1.08 bits per heavy atom. The van der Waals surface area contributed by atoms with E-state index in [1.54, 1.807) is 43.5 Å². The highest BCUT2D eigenvalue weighted by Crippen LogP contribution is 2.33. The minimum Gasteiger partial charge on any atom is -0.508 e. The van der Waals surface area contributed by atoms with Crippen molar-refractivity contribution >= 4 is 5.78 Å². The molecule has 0 amide bonds. The number of hydrogen-bond acceptors (Lipinski definition) is 4. The second-order valence-electron chi connectivity index (χ2n) is 6.22.